The number of hydrogen-bond acceptors (Lipinski definition) is 6. The smallest absolute Gasteiger partial charge is 0.262 e. The van der Waals surface area contributed by atoms with Crippen molar-refractivity contribution in [1.82, 2.24) is 24.3 Å². The molecule has 4 heterocycles. The van der Waals surface area contributed by atoms with E-state index in [9.17, 15) is 19.1 Å². The van der Waals surface area contributed by atoms with Gasteiger partial charge < -0.3 is 20.1 Å². The average Bonchev–Trinajstić information content (AvgIpc) is 3.32. The molecule has 9 nitrogen and oxygen atoms in total. The number of fused-ring (bicyclic) bond motifs is 1. The largest absolute Gasteiger partial charge is 0.388 e. The first-order valence-corrected chi connectivity index (χ1v) is 14.4. The van der Waals surface area contributed by atoms with Gasteiger partial charge in [0, 0.05) is 37.4 Å². The Kier molecular flexibility index (Phi) is 8.79. The number of amides is 1. The predicted molar refractivity (Wildman–Crippen MR) is 160 cm³/mol. The topological polar surface area (TPSA) is 102 Å². The Labute approximate surface area is 248 Å². The van der Waals surface area contributed by atoms with E-state index in [4.69, 9.17) is 16.3 Å². The quantitative estimate of drug-likeness (QED) is 0.369. The fraction of sp³-hybridized carbons (Fsp3) is 0.387. The number of benzene rings is 2. The third-order valence-corrected chi connectivity index (χ3v) is 7.89. The van der Waals surface area contributed by atoms with E-state index < -0.39 is 11.4 Å². The van der Waals surface area contributed by atoms with Crippen LogP contribution in [0.1, 0.15) is 37.0 Å². The number of para-hydroxylation sites is 1. The fourth-order valence-corrected chi connectivity index (χ4v) is 5.52. The lowest BCUT2D eigenvalue weighted by Crippen LogP contribution is -2.49. The molecule has 222 valence electrons. The maximum atomic E-state index is 13.2. The van der Waals surface area contributed by atoms with Crippen molar-refractivity contribution in [2.75, 3.05) is 32.8 Å². The minimum atomic E-state index is -1.16. The molecule has 2 N–H and O–H groups in total. The molecule has 2 aliphatic heterocycles. The van der Waals surface area contributed by atoms with Crippen LogP contribution < -0.4 is 10.9 Å². The summed E-state index contributed by atoms with van der Waals surface area (Å²) < 4.78 is 21.6. The third kappa shape index (κ3) is 6.73. The molecule has 0 bridgehead atoms. The molecule has 2 aromatic carbocycles. The van der Waals surface area contributed by atoms with Gasteiger partial charge in [0.05, 0.1) is 29.7 Å². The van der Waals surface area contributed by atoms with E-state index in [0.29, 0.717) is 47.7 Å². The Hall–Kier alpha value is -3.57. The lowest BCUT2D eigenvalue weighted by molar-refractivity contribution is -0.0385. The normalized spacial score (nSPS) is 17.9. The second kappa shape index (κ2) is 12.3. The number of morpholine rings is 1. The monoisotopic (exact) mass is 595 g/mol. The van der Waals surface area contributed by atoms with E-state index in [0.717, 1.165) is 25.4 Å². The molecule has 11 heteroatoms. The number of halogens is 2. The number of ether oxygens (including phenoxy) is 1. The highest BCUT2D eigenvalue weighted by Crippen LogP contribution is 2.27. The Balaban J connectivity index is 0.000000382. The van der Waals surface area contributed by atoms with Gasteiger partial charge >= 0.3 is 0 Å². The van der Waals surface area contributed by atoms with E-state index in [1.807, 2.05) is 30.3 Å². The first kappa shape index (κ1) is 29.9. The van der Waals surface area contributed by atoms with Gasteiger partial charge in [0.15, 0.2) is 5.65 Å². The summed E-state index contributed by atoms with van der Waals surface area (Å²) in [4.78, 5) is 31.9. The summed E-state index contributed by atoms with van der Waals surface area (Å²) in [6, 6.07) is 16.4. The van der Waals surface area contributed by atoms with Crippen LogP contribution in [-0.2, 0) is 11.3 Å². The molecule has 4 aromatic rings. The van der Waals surface area contributed by atoms with Crippen molar-refractivity contribution in [2.24, 2.45) is 0 Å². The molecule has 2 aromatic heterocycles. The summed E-state index contributed by atoms with van der Waals surface area (Å²) in [6.45, 7) is 7.74. The van der Waals surface area contributed by atoms with E-state index >= 15 is 0 Å². The predicted octanol–water partition coefficient (Wildman–Crippen LogP) is 4.03. The SMILES string of the molecule is CC1(C)CNCCO1.O=C(c1ccc(F)cc1)N1CCC(O)(Cn2cnc3c(cc(Cl)n3-c3ccccc3)c2=O)CC1. The van der Waals surface area contributed by atoms with Crippen molar-refractivity contribution < 1.29 is 19.0 Å². The zero-order valence-corrected chi connectivity index (χ0v) is 24.5. The van der Waals surface area contributed by atoms with Gasteiger partial charge in [-0.05, 0) is 69.2 Å². The summed E-state index contributed by atoms with van der Waals surface area (Å²) in [5, 5.41) is 15.1. The fourth-order valence-electron chi connectivity index (χ4n) is 5.24. The molecular weight excluding hydrogens is 561 g/mol. The number of carbonyl (C=O) groups excluding carboxylic acids is 1. The number of nitrogens with zero attached hydrogens (tertiary/aromatic N) is 4. The van der Waals surface area contributed by atoms with Gasteiger partial charge in [-0.1, -0.05) is 29.8 Å². The molecule has 0 spiro atoms. The number of piperidine rings is 1. The summed E-state index contributed by atoms with van der Waals surface area (Å²) in [6.07, 6.45) is 2.03. The second-order valence-electron chi connectivity index (χ2n) is 11.4. The van der Waals surface area contributed by atoms with Crippen molar-refractivity contribution >= 4 is 28.5 Å². The average molecular weight is 596 g/mol. The van der Waals surface area contributed by atoms with Crippen LogP contribution in [0.2, 0.25) is 5.15 Å². The molecule has 0 atom stereocenters. The van der Waals surface area contributed by atoms with Crippen molar-refractivity contribution in [3.63, 3.8) is 0 Å². The van der Waals surface area contributed by atoms with Crippen LogP contribution in [0.15, 0.2) is 71.8 Å². The molecule has 0 saturated carbocycles. The van der Waals surface area contributed by atoms with Crippen LogP contribution in [-0.4, -0.2) is 74.0 Å². The summed E-state index contributed by atoms with van der Waals surface area (Å²) in [7, 11) is 0. The van der Waals surface area contributed by atoms with Gasteiger partial charge in [-0.15, -0.1) is 0 Å². The van der Waals surface area contributed by atoms with Crippen LogP contribution in [0.3, 0.4) is 0 Å². The number of carbonyl (C=O) groups is 1. The van der Waals surface area contributed by atoms with Gasteiger partial charge in [0.2, 0.25) is 0 Å². The maximum Gasteiger partial charge on any atom is 0.262 e. The van der Waals surface area contributed by atoms with Gasteiger partial charge in [-0.25, -0.2) is 9.37 Å². The van der Waals surface area contributed by atoms with E-state index in [-0.39, 0.29) is 23.6 Å². The van der Waals surface area contributed by atoms with Crippen LogP contribution in [0, 0.1) is 5.82 Å². The van der Waals surface area contributed by atoms with Crippen molar-refractivity contribution in [3.05, 3.63) is 93.9 Å². The molecular formula is C31H35ClFN5O4. The minimum Gasteiger partial charge on any atom is -0.388 e. The zero-order chi connectivity index (χ0) is 29.9. The van der Waals surface area contributed by atoms with Crippen LogP contribution >= 0.6 is 11.6 Å². The molecule has 6 rings (SSSR count). The summed E-state index contributed by atoms with van der Waals surface area (Å²) in [5.74, 6) is -0.611. The lowest BCUT2D eigenvalue weighted by atomic mass is 9.91. The van der Waals surface area contributed by atoms with Crippen molar-refractivity contribution in [1.29, 1.82) is 0 Å². The lowest BCUT2D eigenvalue weighted by Gasteiger charge is -2.38. The third-order valence-electron chi connectivity index (χ3n) is 7.61. The standard InChI is InChI=1S/C25H22ClFN4O3.C6H13NO/c26-21-14-20-22(31(21)19-4-2-1-3-5-19)28-16-30(24(20)33)15-25(34)10-12-29(13-11-25)23(32)17-6-8-18(27)9-7-17;1-6(2)5-7-3-4-8-6/h1-9,14,16,34H,10-13,15H2;7H,3-5H2,1-2H3. The molecule has 1 amide bonds. The molecule has 2 fully saturated rings. The van der Waals surface area contributed by atoms with Crippen molar-refractivity contribution in [3.8, 4) is 5.69 Å². The maximum absolute atomic E-state index is 13.2. The highest BCUT2D eigenvalue weighted by molar-refractivity contribution is 6.31. The highest BCUT2D eigenvalue weighted by Gasteiger charge is 2.35. The first-order chi connectivity index (χ1) is 20.1. The Morgan fingerprint density at radius 2 is 1.81 bits per heavy atom. The van der Waals surface area contributed by atoms with Crippen molar-refractivity contribution in [2.45, 2.75) is 44.4 Å². The molecule has 0 aliphatic carbocycles. The number of aromatic nitrogens is 3. The first-order valence-electron chi connectivity index (χ1n) is 14.0. The van der Waals surface area contributed by atoms with Crippen LogP contribution in [0.25, 0.3) is 16.7 Å². The Morgan fingerprint density at radius 3 is 2.40 bits per heavy atom. The zero-order valence-electron chi connectivity index (χ0n) is 23.7. The van der Waals surface area contributed by atoms with E-state index in [2.05, 4.69) is 24.1 Å². The minimum absolute atomic E-state index is 0.0570. The molecule has 2 saturated heterocycles. The van der Waals surface area contributed by atoms with Gasteiger partial charge in [-0.2, -0.15) is 0 Å². The molecule has 0 radical (unpaired) electrons. The Bertz CT molecular complexity index is 1590. The number of rotatable bonds is 4. The molecule has 0 unspecified atom stereocenters. The van der Waals surface area contributed by atoms with Gasteiger partial charge in [-0.3, -0.25) is 18.7 Å². The summed E-state index contributed by atoms with van der Waals surface area (Å²) in [5.41, 5.74) is 0.258. The highest BCUT2D eigenvalue weighted by atomic mass is 35.5. The van der Waals surface area contributed by atoms with E-state index in [1.54, 1.807) is 15.5 Å². The van der Waals surface area contributed by atoms with Crippen LogP contribution in [0.5, 0.6) is 0 Å². The van der Waals surface area contributed by atoms with Gasteiger partial charge in [0.25, 0.3) is 11.5 Å². The molecule has 42 heavy (non-hydrogen) atoms. The number of likely N-dealkylation sites (tertiary alicyclic amines) is 1. The molecule has 2 aliphatic rings. The van der Waals surface area contributed by atoms with Crippen LogP contribution in [0.4, 0.5) is 4.39 Å². The second-order valence-corrected chi connectivity index (χ2v) is 11.7. The number of hydrogen-bond donors (Lipinski definition) is 2. The summed E-state index contributed by atoms with van der Waals surface area (Å²) >= 11 is 6.42. The number of nitrogens with one attached hydrogen (secondary N) is 1. The van der Waals surface area contributed by atoms with Gasteiger partial charge in [0.1, 0.15) is 17.3 Å². The number of aliphatic hydroxyl groups is 1. The Morgan fingerprint density at radius 1 is 1.12 bits per heavy atom. The van der Waals surface area contributed by atoms with E-state index in [1.165, 1.54) is 35.2 Å².